The van der Waals surface area contributed by atoms with E-state index in [1.807, 2.05) is 32.0 Å². The van der Waals surface area contributed by atoms with Crippen LogP contribution in [0.15, 0.2) is 42.5 Å². The second-order valence-electron chi connectivity index (χ2n) is 6.05. The van der Waals surface area contributed by atoms with Crippen molar-refractivity contribution >= 4 is 33.2 Å². The van der Waals surface area contributed by atoms with Gasteiger partial charge < -0.3 is 5.32 Å². The topological polar surface area (TPSA) is 75.3 Å². The van der Waals surface area contributed by atoms with E-state index in [0.29, 0.717) is 16.3 Å². The summed E-state index contributed by atoms with van der Waals surface area (Å²) in [5.41, 5.74) is 3.56. The van der Waals surface area contributed by atoms with Crippen molar-refractivity contribution in [3.8, 4) is 0 Å². The molecule has 0 unspecified atom stereocenters. The van der Waals surface area contributed by atoms with E-state index in [1.54, 1.807) is 24.3 Å². The number of anilines is 1. The van der Waals surface area contributed by atoms with Crippen LogP contribution in [0.2, 0.25) is 5.02 Å². The second-order valence-corrected chi connectivity index (χ2v) is 8.26. The van der Waals surface area contributed by atoms with Crippen molar-refractivity contribution in [2.24, 2.45) is 0 Å². The fourth-order valence-electron chi connectivity index (χ4n) is 2.40. The van der Waals surface area contributed by atoms with Gasteiger partial charge in [-0.2, -0.15) is 0 Å². The van der Waals surface area contributed by atoms with Crippen LogP contribution in [0.3, 0.4) is 0 Å². The Labute approximate surface area is 153 Å². The quantitative estimate of drug-likeness (QED) is 0.804. The first-order chi connectivity index (χ1) is 11.6. The highest BCUT2D eigenvalue weighted by atomic mass is 35.5. The van der Waals surface area contributed by atoms with Crippen molar-refractivity contribution in [2.45, 2.75) is 26.3 Å². The smallest absolute Gasteiger partial charge is 0.226 e. The lowest BCUT2D eigenvalue weighted by Crippen LogP contribution is -2.30. The van der Waals surface area contributed by atoms with Crippen molar-refractivity contribution in [3.05, 3.63) is 64.2 Å². The molecular weight excluding hydrogens is 360 g/mol. The Morgan fingerprint density at radius 3 is 2.28 bits per heavy atom. The molecule has 0 bridgehead atoms. The number of halogens is 1. The number of rotatable bonds is 6. The first-order valence-electron chi connectivity index (χ1n) is 7.74. The van der Waals surface area contributed by atoms with Crippen LogP contribution in [0.4, 0.5) is 5.69 Å². The van der Waals surface area contributed by atoms with Gasteiger partial charge in [-0.1, -0.05) is 29.8 Å². The summed E-state index contributed by atoms with van der Waals surface area (Å²) < 4.78 is 25.8. The van der Waals surface area contributed by atoms with Crippen LogP contribution in [0.5, 0.6) is 0 Å². The Kier molecular flexibility index (Phi) is 6.21. The third kappa shape index (κ3) is 6.16. The first kappa shape index (κ1) is 19.4. The molecule has 134 valence electrons. The van der Waals surface area contributed by atoms with Crippen LogP contribution >= 0.6 is 11.6 Å². The van der Waals surface area contributed by atoms with Crippen molar-refractivity contribution in [2.75, 3.05) is 11.6 Å². The molecule has 2 rings (SSSR count). The zero-order valence-corrected chi connectivity index (χ0v) is 15.9. The predicted octanol–water partition coefficient (Wildman–Crippen LogP) is 3.58. The molecule has 0 fully saturated rings. The van der Waals surface area contributed by atoms with Gasteiger partial charge in [0.15, 0.2) is 0 Å². The van der Waals surface area contributed by atoms with Crippen LogP contribution in [0, 0.1) is 13.8 Å². The molecule has 0 aliphatic carbocycles. The molecule has 0 saturated carbocycles. The molecule has 25 heavy (non-hydrogen) atoms. The maximum Gasteiger partial charge on any atom is 0.226 e. The highest BCUT2D eigenvalue weighted by molar-refractivity contribution is 7.88. The molecule has 0 spiro atoms. The summed E-state index contributed by atoms with van der Waals surface area (Å²) in [7, 11) is -3.48. The van der Waals surface area contributed by atoms with Gasteiger partial charge in [0.05, 0.1) is 12.3 Å². The lowest BCUT2D eigenvalue weighted by atomic mass is 10.0. The van der Waals surface area contributed by atoms with E-state index < -0.39 is 16.1 Å². The number of sulfonamides is 1. The standard InChI is InChI=1S/C18H21ClN2O3S/c1-12-4-9-16(10-13(12)2)20-18(22)11-17(21-25(3,23)24)14-5-7-15(19)8-6-14/h4-10,17,21H,11H2,1-3H3,(H,20,22)/t17-/m0/s1. The molecule has 5 nitrogen and oxygen atoms in total. The number of nitrogens with one attached hydrogen (secondary N) is 2. The molecule has 2 N–H and O–H groups in total. The molecule has 0 radical (unpaired) electrons. The Bertz CT molecular complexity index is 864. The molecule has 2 aromatic carbocycles. The summed E-state index contributed by atoms with van der Waals surface area (Å²) in [6.07, 6.45) is 1.04. The van der Waals surface area contributed by atoms with Gasteiger partial charge >= 0.3 is 0 Å². The minimum absolute atomic E-state index is 0.0262. The largest absolute Gasteiger partial charge is 0.326 e. The fourth-order valence-corrected chi connectivity index (χ4v) is 3.26. The molecule has 1 atom stereocenters. The van der Waals surface area contributed by atoms with Gasteiger partial charge in [0.2, 0.25) is 15.9 Å². The third-order valence-electron chi connectivity index (χ3n) is 3.81. The van der Waals surface area contributed by atoms with Gasteiger partial charge in [0.25, 0.3) is 0 Å². The Morgan fingerprint density at radius 2 is 1.72 bits per heavy atom. The zero-order chi connectivity index (χ0) is 18.6. The van der Waals surface area contributed by atoms with Crippen molar-refractivity contribution < 1.29 is 13.2 Å². The highest BCUT2D eigenvalue weighted by Gasteiger charge is 2.20. The van der Waals surface area contributed by atoms with Crippen LogP contribution in [0.25, 0.3) is 0 Å². The maximum atomic E-state index is 12.4. The summed E-state index contributed by atoms with van der Waals surface area (Å²) in [6, 6.07) is 11.7. The van der Waals surface area contributed by atoms with E-state index in [-0.39, 0.29) is 12.3 Å². The average Bonchev–Trinajstić information content (AvgIpc) is 2.49. The molecule has 0 saturated heterocycles. The third-order valence-corrected chi connectivity index (χ3v) is 4.77. The number of benzene rings is 2. The van der Waals surface area contributed by atoms with Crippen LogP contribution in [-0.4, -0.2) is 20.6 Å². The number of carbonyl (C=O) groups is 1. The Balaban J connectivity index is 2.16. The first-order valence-corrected chi connectivity index (χ1v) is 10.0. The van der Waals surface area contributed by atoms with Gasteiger partial charge in [-0.05, 0) is 54.8 Å². The van der Waals surface area contributed by atoms with E-state index in [0.717, 1.165) is 17.4 Å². The summed E-state index contributed by atoms with van der Waals surface area (Å²) in [6.45, 7) is 3.96. The van der Waals surface area contributed by atoms with E-state index in [4.69, 9.17) is 11.6 Å². The fraction of sp³-hybridized carbons (Fsp3) is 0.278. The number of aryl methyl sites for hydroxylation is 2. The van der Waals surface area contributed by atoms with Gasteiger partial charge in [-0.25, -0.2) is 13.1 Å². The predicted molar refractivity (Wildman–Crippen MR) is 101 cm³/mol. The SMILES string of the molecule is Cc1ccc(NC(=O)C[C@H](NS(C)(=O)=O)c2ccc(Cl)cc2)cc1C. The Morgan fingerprint density at radius 1 is 1.08 bits per heavy atom. The van der Waals surface area contributed by atoms with E-state index in [2.05, 4.69) is 10.0 Å². The van der Waals surface area contributed by atoms with Gasteiger partial charge in [0.1, 0.15) is 0 Å². The van der Waals surface area contributed by atoms with Crippen LogP contribution in [0.1, 0.15) is 29.2 Å². The van der Waals surface area contributed by atoms with Gasteiger partial charge in [-0.3, -0.25) is 4.79 Å². The van der Waals surface area contributed by atoms with Gasteiger partial charge in [0, 0.05) is 17.1 Å². The maximum absolute atomic E-state index is 12.4. The molecule has 7 heteroatoms. The minimum Gasteiger partial charge on any atom is -0.326 e. The number of carbonyl (C=O) groups excluding carboxylic acids is 1. The normalized spacial score (nSPS) is 12.6. The number of hydrogen-bond acceptors (Lipinski definition) is 3. The zero-order valence-electron chi connectivity index (χ0n) is 14.3. The monoisotopic (exact) mass is 380 g/mol. The Hall–Kier alpha value is -1.89. The lowest BCUT2D eigenvalue weighted by molar-refractivity contribution is -0.116. The molecule has 2 aromatic rings. The summed E-state index contributed by atoms with van der Waals surface area (Å²) in [5, 5.41) is 3.35. The molecule has 0 aromatic heterocycles. The van der Waals surface area contributed by atoms with Crippen molar-refractivity contribution in [1.82, 2.24) is 4.72 Å². The molecule has 0 heterocycles. The van der Waals surface area contributed by atoms with E-state index >= 15 is 0 Å². The van der Waals surface area contributed by atoms with Crippen LogP contribution in [-0.2, 0) is 14.8 Å². The van der Waals surface area contributed by atoms with Crippen LogP contribution < -0.4 is 10.0 Å². The second kappa shape index (κ2) is 7.99. The minimum atomic E-state index is -3.48. The summed E-state index contributed by atoms with van der Waals surface area (Å²) in [4.78, 5) is 12.4. The number of hydrogen-bond donors (Lipinski definition) is 2. The molecular formula is C18H21ClN2O3S. The van der Waals surface area contributed by atoms with E-state index in [9.17, 15) is 13.2 Å². The molecule has 0 aliphatic heterocycles. The summed E-state index contributed by atoms with van der Waals surface area (Å²) in [5.74, 6) is -0.278. The molecule has 1 amide bonds. The van der Waals surface area contributed by atoms with Gasteiger partial charge in [-0.15, -0.1) is 0 Å². The number of amides is 1. The average molecular weight is 381 g/mol. The highest BCUT2D eigenvalue weighted by Crippen LogP contribution is 2.21. The van der Waals surface area contributed by atoms with Crippen molar-refractivity contribution in [1.29, 1.82) is 0 Å². The molecule has 0 aliphatic rings. The summed E-state index contributed by atoms with van der Waals surface area (Å²) >= 11 is 5.87. The van der Waals surface area contributed by atoms with E-state index in [1.165, 1.54) is 0 Å². The lowest BCUT2D eigenvalue weighted by Gasteiger charge is -2.18. The van der Waals surface area contributed by atoms with Crippen molar-refractivity contribution in [3.63, 3.8) is 0 Å².